The zero-order valence-corrected chi connectivity index (χ0v) is 18.5. The molecule has 33 heavy (non-hydrogen) atoms. The maximum atomic E-state index is 12.3. The standard InChI is InChI=1S/C24H21N3O5S/c25-13-18-17-5-2-1-3-7-20(17)33-23(18)27-21(28)14-32-24(30)15-8-10-16(11-9-15)26-22(29)19-6-4-12-31-19/h4,6,8-12H,1-3,5,7,14H2,(H,26,29)(H,27,28). The van der Waals surface area contributed by atoms with Crippen LogP contribution in [0.2, 0.25) is 0 Å². The number of rotatable bonds is 6. The zero-order chi connectivity index (χ0) is 23.2. The van der Waals surface area contributed by atoms with Crippen LogP contribution in [-0.2, 0) is 22.4 Å². The maximum absolute atomic E-state index is 12.3. The number of nitrogens with zero attached hydrogens (tertiary/aromatic N) is 1. The molecule has 4 rings (SSSR count). The lowest BCUT2D eigenvalue weighted by molar-refractivity contribution is -0.119. The first-order chi connectivity index (χ1) is 16.0. The second-order valence-corrected chi connectivity index (χ2v) is 8.62. The summed E-state index contributed by atoms with van der Waals surface area (Å²) in [7, 11) is 0. The fraction of sp³-hybridized carbons (Fsp3) is 0.250. The van der Waals surface area contributed by atoms with Crippen molar-refractivity contribution in [3.8, 4) is 6.07 Å². The zero-order valence-electron chi connectivity index (χ0n) is 17.7. The highest BCUT2D eigenvalue weighted by atomic mass is 32.1. The van der Waals surface area contributed by atoms with Crippen LogP contribution >= 0.6 is 11.3 Å². The van der Waals surface area contributed by atoms with E-state index in [-0.39, 0.29) is 11.3 Å². The molecule has 2 amide bonds. The van der Waals surface area contributed by atoms with E-state index in [0.717, 1.165) is 42.5 Å². The molecule has 2 aromatic heterocycles. The molecule has 0 aliphatic heterocycles. The second-order valence-electron chi connectivity index (χ2n) is 7.51. The monoisotopic (exact) mass is 463 g/mol. The highest BCUT2D eigenvalue weighted by Gasteiger charge is 2.21. The van der Waals surface area contributed by atoms with Crippen LogP contribution in [-0.4, -0.2) is 24.4 Å². The van der Waals surface area contributed by atoms with E-state index in [0.29, 0.717) is 16.3 Å². The lowest BCUT2D eigenvalue weighted by Gasteiger charge is -2.07. The second kappa shape index (κ2) is 10.1. The number of thiophene rings is 1. The van der Waals surface area contributed by atoms with Crippen molar-refractivity contribution in [2.45, 2.75) is 32.1 Å². The average Bonchev–Trinajstić information content (AvgIpc) is 3.41. The first-order valence-electron chi connectivity index (χ1n) is 10.5. The van der Waals surface area contributed by atoms with Crippen LogP contribution < -0.4 is 10.6 Å². The number of nitrogens with one attached hydrogen (secondary N) is 2. The number of aryl methyl sites for hydroxylation is 1. The van der Waals surface area contributed by atoms with Crippen molar-refractivity contribution in [2.75, 3.05) is 17.2 Å². The van der Waals surface area contributed by atoms with Gasteiger partial charge in [-0.1, -0.05) is 6.42 Å². The van der Waals surface area contributed by atoms with E-state index in [1.54, 1.807) is 24.3 Å². The molecule has 0 radical (unpaired) electrons. The van der Waals surface area contributed by atoms with Gasteiger partial charge in [0, 0.05) is 10.6 Å². The van der Waals surface area contributed by atoms with Crippen LogP contribution in [0, 0.1) is 11.3 Å². The summed E-state index contributed by atoms with van der Waals surface area (Å²) in [6, 6.07) is 11.4. The van der Waals surface area contributed by atoms with E-state index >= 15 is 0 Å². The van der Waals surface area contributed by atoms with Crippen molar-refractivity contribution >= 4 is 39.8 Å². The lowest BCUT2D eigenvalue weighted by atomic mass is 10.1. The summed E-state index contributed by atoms with van der Waals surface area (Å²) in [4.78, 5) is 37.8. The van der Waals surface area contributed by atoms with E-state index in [4.69, 9.17) is 9.15 Å². The molecule has 0 fully saturated rings. The molecule has 0 bridgehead atoms. The molecular formula is C24H21N3O5S. The van der Waals surface area contributed by atoms with Gasteiger partial charge in [0.15, 0.2) is 12.4 Å². The number of carbonyl (C=O) groups excluding carboxylic acids is 3. The topological polar surface area (TPSA) is 121 Å². The molecule has 8 nitrogen and oxygen atoms in total. The van der Waals surface area contributed by atoms with Gasteiger partial charge in [-0.3, -0.25) is 9.59 Å². The molecule has 9 heteroatoms. The number of furan rings is 1. The Morgan fingerprint density at radius 2 is 1.85 bits per heavy atom. The fourth-order valence-corrected chi connectivity index (χ4v) is 4.87. The molecule has 0 atom stereocenters. The van der Waals surface area contributed by atoms with Crippen molar-refractivity contribution in [3.63, 3.8) is 0 Å². The largest absolute Gasteiger partial charge is 0.459 e. The first-order valence-corrected chi connectivity index (χ1v) is 11.3. The van der Waals surface area contributed by atoms with Gasteiger partial charge in [0.1, 0.15) is 11.1 Å². The first kappa shape index (κ1) is 22.3. The summed E-state index contributed by atoms with van der Waals surface area (Å²) in [5.41, 5.74) is 2.27. The number of carbonyl (C=O) groups is 3. The molecule has 2 heterocycles. The van der Waals surface area contributed by atoms with Crippen LogP contribution in [0.5, 0.6) is 0 Å². The van der Waals surface area contributed by atoms with E-state index in [1.807, 2.05) is 0 Å². The minimum atomic E-state index is -0.670. The number of benzene rings is 1. The van der Waals surface area contributed by atoms with Crippen molar-refractivity contribution < 1.29 is 23.5 Å². The van der Waals surface area contributed by atoms with E-state index in [9.17, 15) is 19.6 Å². The van der Waals surface area contributed by atoms with Crippen LogP contribution in [0.3, 0.4) is 0 Å². The number of hydrogen-bond acceptors (Lipinski definition) is 7. The van der Waals surface area contributed by atoms with Gasteiger partial charge in [0.05, 0.1) is 17.4 Å². The molecule has 0 saturated carbocycles. The summed E-state index contributed by atoms with van der Waals surface area (Å²) in [6.45, 7) is -0.469. The predicted octanol–water partition coefficient (Wildman–Crippen LogP) is 4.53. The number of fused-ring (bicyclic) bond motifs is 1. The Morgan fingerprint density at radius 1 is 1.06 bits per heavy atom. The Balaban J connectivity index is 1.31. The third-order valence-electron chi connectivity index (χ3n) is 5.24. The number of nitriles is 1. The maximum Gasteiger partial charge on any atom is 0.338 e. The Labute approximate surface area is 194 Å². The van der Waals surface area contributed by atoms with E-state index < -0.39 is 24.4 Å². The Hall–Kier alpha value is -3.90. The molecule has 3 aromatic rings. The van der Waals surface area contributed by atoms with Gasteiger partial charge in [-0.25, -0.2) is 4.79 Å². The van der Waals surface area contributed by atoms with E-state index in [1.165, 1.54) is 29.7 Å². The van der Waals surface area contributed by atoms with Gasteiger partial charge in [0.2, 0.25) is 0 Å². The molecule has 2 N–H and O–H groups in total. The molecule has 1 aromatic carbocycles. The molecular weight excluding hydrogens is 442 g/mol. The summed E-state index contributed by atoms with van der Waals surface area (Å²) >= 11 is 1.43. The smallest absolute Gasteiger partial charge is 0.338 e. The molecule has 1 aliphatic carbocycles. The fourth-order valence-electron chi connectivity index (χ4n) is 3.62. The van der Waals surface area contributed by atoms with Crippen molar-refractivity contribution in [1.82, 2.24) is 0 Å². The van der Waals surface area contributed by atoms with Gasteiger partial charge in [-0.05, 0) is 67.6 Å². The number of ether oxygens (including phenoxy) is 1. The SMILES string of the molecule is N#Cc1c(NC(=O)COC(=O)c2ccc(NC(=O)c3ccco3)cc2)sc2c1CCCCC2. The normalized spacial score (nSPS) is 12.7. The van der Waals surface area contributed by atoms with Crippen LogP contribution in [0.4, 0.5) is 10.7 Å². The molecule has 0 spiro atoms. The lowest BCUT2D eigenvalue weighted by Crippen LogP contribution is -2.21. The van der Waals surface area contributed by atoms with Crippen molar-refractivity contribution in [1.29, 1.82) is 5.26 Å². The van der Waals surface area contributed by atoms with Gasteiger partial charge in [-0.15, -0.1) is 11.3 Å². The summed E-state index contributed by atoms with van der Waals surface area (Å²) < 4.78 is 10.1. The highest BCUT2D eigenvalue weighted by Crippen LogP contribution is 2.36. The average molecular weight is 464 g/mol. The Morgan fingerprint density at radius 3 is 2.58 bits per heavy atom. The molecule has 0 saturated heterocycles. The number of hydrogen-bond donors (Lipinski definition) is 2. The summed E-state index contributed by atoms with van der Waals surface area (Å²) in [5, 5.41) is 15.4. The van der Waals surface area contributed by atoms with Crippen LogP contribution in [0.15, 0.2) is 47.1 Å². The summed E-state index contributed by atoms with van der Waals surface area (Å²) in [6.07, 6.45) is 6.42. The third kappa shape index (κ3) is 5.30. The Kier molecular flexibility index (Phi) is 6.86. The molecule has 1 aliphatic rings. The number of amides is 2. The van der Waals surface area contributed by atoms with E-state index in [2.05, 4.69) is 16.7 Å². The number of esters is 1. The predicted molar refractivity (Wildman–Crippen MR) is 122 cm³/mol. The Bertz CT molecular complexity index is 1210. The van der Waals surface area contributed by atoms with Gasteiger partial charge in [-0.2, -0.15) is 5.26 Å². The van der Waals surface area contributed by atoms with Gasteiger partial charge >= 0.3 is 5.97 Å². The van der Waals surface area contributed by atoms with Crippen LogP contribution in [0.25, 0.3) is 0 Å². The van der Waals surface area contributed by atoms with Crippen molar-refractivity contribution in [3.05, 3.63) is 70.0 Å². The van der Waals surface area contributed by atoms with Gasteiger partial charge in [0.25, 0.3) is 11.8 Å². The van der Waals surface area contributed by atoms with Crippen molar-refractivity contribution in [2.24, 2.45) is 0 Å². The van der Waals surface area contributed by atoms with Gasteiger partial charge < -0.3 is 19.8 Å². The number of anilines is 2. The highest BCUT2D eigenvalue weighted by molar-refractivity contribution is 7.16. The van der Waals surface area contributed by atoms with Crippen LogP contribution in [0.1, 0.15) is 56.2 Å². The minimum absolute atomic E-state index is 0.172. The molecule has 168 valence electrons. The quantitative estimate of drug-likeness (QED) is 0.409. The summed E-state index contributed by atoms with van der Waals surface area (Å²) in [5.74, 6) is -1.41. The molecule has 0 unspecified atom stereocenters. The minimum Gasteiger partial charge on any atom is -0.459 e. The third-order valence-corrected chi connectivity index (χ3v) is 6.45.